The van der Waals surface area contributed by atoms with Crippen LogP contribution < -0.4 is 0 Å². The smallest absolute Gasteiger partial charge is 0.225 e. The first-order valence-corrected chi connectivity index (χ1v) is 6.12. The van der Waals surface area contributed by atoms with Crippen molar-refractivity contribution in [1.29, 1.82) is 0 Å². The number of fused-ring (bicyclic) bond motifs is 1. The van der Waals surface area contributed by atoms with Crippen LogP contribution in [0.1, 0.15) is 36.4 Å². The minimum atomic E-state index is 0.323. The highest BCUT2D eigenvalue weighted by Crippen LogP contribution is 2.38. The molecule has 1 aromatic rings. The average molecular weight is 215 g/mol. The van der Waals surface area contributed by atoms with E-state index in [1.54, 1.807) is 0 Å². The van der Waals surface area contributed by atoms with E-state index in [0.29, 0.717) is 17.9 Å². The van der Waals surface area contributed by atoms with Gasteiger partial charge in [0, 0.05) is 13.0 Å². The summed E-state index contributed by atoms with van der Waals surface area (Å²) in [5.41, 5.74) is 2.78. The lowest BCUT2D eigenvalue weighted by Crippen LogP contribution is -2.31. The lowest BCUT2D eigenvalue weighted by molar-refractivity contribution is -0.133. The predicted molar refractivity (Wildman–Crippen MR) is 63.0 cm³/mol. The van der Waals surface area contributed by atoms with Gasteiger partial charge in [0.05, 0.1) is 6.04 Å². The van der Waals surface area contributed by atoms with Crippen molar-refractivity contribution in [1.82, 2.24) is 4.90 Å². The largest absolute Gasteiger partial charge is 0.338 e. The van der Waals surface area contributed by atoms with Crippen LogP contribution in [0.3, 0.4) is 0 Å². The lowest BCUT2D eigenvalue weighted by atomic mass is 10.1. The summed E-state index contributed by atoms with van der Waals surface area (Å²) < 4.78 is 0. The molecule has 0 heterocycles. The zero-order valence-electron chi connectivity index (χ0n) is 9.65. The summed E-state index contributed by atoms with van der Waals surface area (Å²) in [5, 5.41) is 0. The van der Waals surface area contributed by atoms with Gasteiger partial charge in [0.2, 0.25) is 5.91 Å². The van der Waals surface area contributed by atoms with E-state index in [1.165, 1.54) is 11.1 Å². The van der Waals surface area contributed by atoms with Gasteiger partial charge in [0.15, 0.2) is 0 Å². The third kappa shape index (κ3) is 1.53. The van der Waals surface area contributed by atoms with Gasteiger partial charge in [-0.05, 0) is 36.8 Å². The van der Waals surface area contributed by atoms with Gasteiger partial charge in [-0.25, -0.2) is 0 Å². The second-order valence-corrected chi connectivity index (χ2v) is 4.98. The summed E-state index contributed by atoms with van der Waals surface area (Å²) in [5.74, 6) is 0.680. The Morgan fingerprint density at radius 3 is 2.75 bits per heavy atom. The van der Waals surface area contributed by atoms with E-state index in [-0.39, 0.29) is 0 Å². The Labute approximate surface area is 96.3 Å². The molecular formula is C14H17NO. The van der Waals surface area contributed by atoms with Crippen molar-refractivity contribution in [2.24, 2.45) is 5.92 Å². The van der Waals surface area contributed by atoms with Gasteiger partial charge in [-0.15, -0.1) is 0 Å². The molecule has 1 amide bonds. The van der Waals surface area contributed by atoms with Crippen molar-refractivity contribution < 1.29 is 4.79 Å². The maximum Gasteiger partial charge on any atom is 0.225 e. The Hall–Kier alpha value is -1.31. The average Bonchev–Trinajstić information content (AvgIpc) is 3.07. The molecule has 1 atom stereocenters. The van der Waals surface area contributed by atoms with Crippen molar-refractivity contribution in [3.05, 3.63) is 35.4 Å². The van der Waals surface area contributed by atoms with Gasteiger partial charge in [-0.1, -0.05) is 24.3 Å². The van der Waals surface area contributed by atoms with Crippen molar-refractivity contribution in [2.75, 3.05) is 7.05 Å². The molecule has 0 aliphatic heterocycles. The Morgan fingerprint density at radius 1 is 1.25 bits per heavy atom. The fraction of sp³-hybridized carbons (Fsp3) is 0.500. The number of nitrogens with zero attached hydrogens (tertiary/aromatic N) is 1. The highest BCUT2D eigenvalue weighted by Gasteiger charge is 2.36. The molecule has 3 rings (SSSR count). The van der Waals surface area contributed by atoms with Crippen LogP contribution in [-0.2, 0) is 11.2 Å². The number of hydrogen-bond donors (Lipinski definition) is 0. The van der Waals surface area contributed by atoms with E-state index >= 15 is 0 Å². The first-order chi connectivity index (χ1) is 7.77. The molecule has 0 spiro atoms. The minimum Gasteiger partial charge on any atom is -0.338 e. The third-order valence-electron chi connectivity index (χ3n) is 3.84. The van der Waals surface area contributed by atoms with Gasteiger partial charge in [0.1, 0.15) is 0 Å². The third-order valence-corrected chi connectivity index (χ3v) is 3.84. The topological polar surface area (TPSA) is 20.3 Å². The van der Waals surface area contributed by atoms with Crippen molar-refractivity contribution in [3.63, 3.8) is 0 Å². The van der Waals surface area contributed by atoms with Crippen LogP contribution in [0.25, 0.3) is 0 Å². The summed E-state index contributed by atoms with van der Waals surface area (Å²) in [6.45, 7) is 0. The van der Waals surface area contributed by atoms with E-state index < -0.39 is 0 Å². The summed E-state index contributed by atoms with van der Waals surface area (Å²) in [4.78, 5) is 14.0. The Balaban J connectivity index is 1.83. The quantitative estimate of drug-likeness (QED) is 0.742. The van der Waals surface area contributed by atoms with E-state index in [2.05, 4.69) is 24.3 Å². The summed E-state index contributed by atoms with van der Waals surface area (Å²) in [6, 6.07) is 8.84. The number of carbonyl (C=O) groups is 1. The van der Waals surface area contributed by atoms with Crippen LogP contribution in [0.4, 0.5) is 0 Å². The molecule has 84 valence electrons. The minimum absolute atomic E-state index is 0.323. The molecule has 1 unspecified atom stereocenters. The lowest BCUT2D eigenvalue weighted by Gasteiger charge is -2.25. The van der Waals surface area contributed by atoms with Crippen LogP contribution in [0.5, 0.6) is 0 Å². The molecule has 0 bridgehead atoms. The maximum absolute atomic E-state index is 12.0. The van der Waals surface area contributed by atoms with E-state index in [4.69, 9.17) is 0 Å². The van der Waals surface area contributed by atoms with Gasteiger partial charge in [-0.3, -0.25) is 4.79 Å². The SMILES string of the molecule is CN(C(=O)C1CC1)C1CCc2ccccc21. The number of hydrogen-bond acceptors (Lipinski definition) is 1. The normalized spacial score (nSPS) is 22.9. The van der Waals surface area contributed by atoms with Crippen molar-refractivity contribution in [3.8, 4) is 0 Å². The molecule has 16 heavy (non-hydrogen) atoms. The summed E-state index contributed by atoms with van der Waals surface area (Å²) in [7, 11) is 1.97. The molecule has 2 aliphatic rings. The van der Waals surface area contributed by atoms with E-state index in [9.17, 15) is 4.79 Å². The van der Waals surface area contributed by atoms with Crippen LogP contribution in [0.15, 0.2) is 24.3 Å². The number of rotatable bonds is 2. The standard InChI is InChI=1S/C14H17NO/c1-15(14(16)11-6-7-11)13-9-8-10-4-2-3-5-12(10)13/h2-5,11,13H,6-9H2,1H3. The van der Waals surface area contributed by atoms with Crippen LogP contribution in [0, 0.1) is 5.92 Å². The highest BCUT2D eigenvalue weighted by molar-refractivity contribution is 5.81. The number of carbonyl (C=O) groups excluding carboxylic acids is 1. The monoisotopic (exact) mass is 215 g/mol. The van der Waals surface area contributed by atoms with Gasteiger partial charge < -0.3 is 4.90 Å². The second kappa shape index (κ2) is 3.62. The Bertz CT molecular complexity index is 422. The summed E-state index contributed by atoms with van der Waals surface area (Å²) in [6.07, 6.45) is 4.40. The zero-order chi connectivity index (χ0) is 11.1. The molecule has 0 saturated heterocycles. The molecule has 1 fully saturated rings. The van der Waals surface area contributed by atoms with E-state index in [1.807, 2.05) is 11.9 Å². The second-order valence-electron chi connectivity index (χ2n) is 4.98. The first-order valence-electron chi connectivity index (χ1n) is 6.12. The fourth-order valence-corrected chi connectivity index (χ4v) is 2.71. The van der Waals surface area contributed by atoms with Crippen molar-refractivity contribution >= 4 is 5.91 Å². The Morgan fingerprint density at radius 2 is 2.00 bits per heavy atom. The predicted octanol–water partition coefficient (Wildman–Crippen LogP) is 2.54. The fourth-order valence-electron chi connectivity index (χ4n) is 2.71. The van der Waals surface area contributed by atoms with Gasteiger partial charge in [0.25, 0.3) is 0 Å². The first kappa shape index (κ1) is 9.88. The van der Waals surface area contributed by atoms with Crippen LogP contribution in [0.2, 0.25) is 0 Å². The van der Waals surface area contributed by atoms with E-state index in [0.717, 1.165) is 25.7 Å². The molecular weight excluding hydrogens is 198 g/mol. The molecule has 2 heteroatoms. The molecule has 2 aliphatic carbocycles. The Kier molecular flexibility index (Phi) is 2.23. The van der Waals surface area contributed by atoms with Crippen LogP contribution in [-0.4, -0.2) is 17.9 Å². The van der Waals surface area contributed by atoms with Crippen LogP contribution >= 0.6 is 0 Å². The highest BCUT2D eigenvalue weighted by atomic mass is 16.2. The maximum atomic E-state index is 12.0. The zero-order valence-corrected chi connectivity index (χ0v) is 9.65. The van der Waals surface area contributed by atoms with Crippen molar-refractivity contribution in [2.45, 2.75) is 31.7 Å². The van der Waals surface area contributed by atoms with Gasteiger partial charge >= 0.3 is 0 Å². The van der Waals surface area contributed by atoms with Gasteiger partial charge in [-0.2, -0.15) is 0 Å². The summed E-state index contributed by atoms with van der Waals surface area (Å²) >= 11 is 0. The molecule has 1 saturated carbocycles. The molecule has 0 radical (unpaired) electrons. The number of benzene rings is 1. The number of aryl methyl sites for hydroxylation is 1. The molecule has 0 aromatic heterocycles. The number of amides is 1. The molecule has 0 N–H and O–H groups in total. The molecule has 2 nitrogen and oxygen atoms in total. The molecule has 1 aromatic carbocycles.